The van der Waals surface area contributed by atoms with Gasteiger partial charge in [0.15, 0.2) is 0 Å². The first kappa shape index (κ1) is 15.0. The lowest BCUT2D eigenvalue weighted by atomic mass is 9.74. The number of pyridine rings is 1. The molecule has 4 nitrogen and oxygen atoms in total. The number of carbonyl (C=O) groups is 1. The third kappa shape index (κ3) is 3.37. The minimum Gasteiger partial charge on any atom is -0.341 e. The van der Waals surface area contributed by atoms with Crippen LogP contribution in [0.4, 0.5) is 0 Å². The van der Waals surface area contributed by atoms with E-state index in [1.54, 1.807) is 6.20 Å². The topological polar surface area (TPSA) is 45.2 Å². The Bertz CT molecular complexity index is 421. The number of nitrogens with zero attached hydrogens (tertiary/aromatic N) is 2. The molecule has 1 aliphatic rings. The molecule has 0 unspecified atom stereocenters. The van der Waals surface area contributed by atoms with E-state index in [4.69, 9.17) is 0 Å². The van der Waals surface area contributed by atoms with Crippen molar-refractivity contribution in [2.45, 2.75) is 39.2 Å². The van der Waals surface area contributed by atoms with E-state index in [0.717, 1.165) is 44.3 Å². The quantitative estimate of drug-likeness (QED) is 0.896. The molecule has 0 atom stereocenters. The first-order valence-electron chi connectivity index (χ1n) is 7.53. The Labute approximate surface area is 121 Å². The summed E-state index contributed by atoms with van der Waals surface area (Å²) in [6.07, 6.45) is 7.56. The van der Waals surface area contributed by atoms with Gasteiger partial charge in [-0.25, -0.2) is 0 Å². The van der Waals surface area contributed by atoms with E-state index in [1.165, 1.54) is 0 Å². The Balaban J connectivity index is 2.06. The molecule has 110 valence electrons. The summed E-state index contributed by atoms with van der Waals surface area (Å²) in [5.74, 6) is 0.296. The monoisotopic (exact) mass is 275 g/mol. The summed E-state index contributed by atoms with van der Waals surface area (Å²) in [4.78, 5) is 18.9. The Morgan fingerprint density at radius 3 is 2.80 bits per heavy atom. The van der Waals surface area contributed by atoms with Crippen LogP contribution >= 0.6 is 0 Å². The molecule has 1 aliphatic heterocycles. The van der Waals surface area contributed by atoms with Crippen molar-refractivity contribution in [1.29, 1.82) is 0 Å². The fourth-order valence-corrected chi connectivity index (χ4v) is 3.20. The first-order valence-corrected chi connectivity index (χ1v) is 7.53. The molecule has 1 saturated heterocycles. The van der Waals surface area contributed by atoms with Gasteiger partial charge in [-0.1, -0.05) is 19.4 Å². The zero-order chi connectivity index (χ0) is 14.4. The van der Waals surface area contributed by atoms with Gasteiger partial charge in [0.25, 0.3) is 0 Å². The molecule has 2 rings (SSSR count). The largest absolute Gasteiger partial charge is 0.341 e. The first-order chi connectivity index (χ1) is 9.68. The molecule has 1 amide bonds. The maximum absolute atomic E-state index is 12.9. The molecular weight excluding hydrogens is 250 g/mol. The summed E-state index contributed by atoms with van der Waals surface area (Å²) < 4.78 is 0. The molecule has 0 spiro atoms. The van der Waals surface area contributed by atoms with Crippen molar-refractivity contribution >= 4 is 5.91 Å². The normalized spacial score (nSPS) is 17.7. The van der Waals surface area contributed by atoms with Crippen LogP contribution in [0.15, 0.2) is 24.5 Å². The van der Waals surface area contributed by atoms with Gasteiger partial charge in [-0.15, -0.1) is 0 Å². The molecule has 1 N–H and O–H groups in total. The molecule has 0 aromatic carbocycles. The number of hydrogen-bond donors (Lipinski definition) is 1. The predicted octanol–water partition coefficient (Wildman–Crippen LogP) is 2.21. The summed E-state index contributed by atoms with van der Waals surface area (Å²) in [5, 5.41) is 3.36. The number of aromatic nitrogens is 1. The van der Waals surface area contributed by atoms with Crippen LogP contribution in [0.1, 0.15) is 38.2 Å². The van der Waals surface area contributed by atoms with Gasteiger partial charge in [0, 0.05) is 26.0 Å². The van der Waals surface area contributed by atoms with Crippen LogP contribution < -0.4 is 5.32 Å². The van der Waals surface area contributed by atoms with Gasteiger partial charge in [0.1, 0.15) is 0 Å². The van der Waals surface area contributed by atoms with E-state index in [1.807, 2.05) is 30.3 Å². The lowest BCUT2D eigenvalue weighted by Crippen LogP contribution is -2.48. The van der Waals surface area contributed by atoms with Crippen molar-refractivity contribution in [2.75, 3.05) is 20.1 Å². The van der Waals surface area contributed by atoms with E-state index in [9.17, 15) is 4.79 Å². The number of nitrogens with one attached hydrogen (secondary N) is 1. The van der Waals surface area contributed by atoms with E-state index in [0.29, 0.717) is 12.5 Å². The number of hydrogen-bond acceptors (Lipinski definition) is 3. The van der Waals surface area contributed by atoms with Gasteiger partial charge in [0.05, 0.1) is 5.41 Å². The molecule has 2 heterocycles. The number of rotatable bonds is 5. The second-order valence-electron chi connectivity index (χ2n) is 5.80. The molecule has 20 heavy (non-hydrogen) atoms. The minimum absolute atomic E-state index is 0.156. The predicted molar refractivity (Wildman–Crippen MR) is 80.2 cm³/mol. The average molecular weight is 275 g/mol. The van der Waals surface area contributed by atoms with E-state index in [-0.39, 0.29) is 5.41 Å². The highest BCUT2D eigenvalue weighted by Gasteiger charge is 2.40. The summed E-state index contributed by atoms with van der Waals surface area (Å²) in [5.41, 5.74) is 0.931. The Morgan fingerprint density at radius 2 is 2.20 bits per heavy atom. The van der Waals surface area contributed by atoms with E-state index < -0.39 is 0 Å². The summed E-state index contributed by atoms with van der Waals surface area (Å²) in [6.45, 7) is 4.71. The van der Waals surface area contributed by atoms with Crippen LogP contribution in [-0.4, -0.2) is 35.9 Å². The number of carbonyl (C=O) groups excluding carboxylic acids is 1. The second-order valence-corrected chi connectivity index (χ2v) is 5.80. The Morgan fingerprint density at radius 1 is 1.45 bits per heavy atom. The lowest BCUT2D eigenvalue weighted by molar-refractivity contribution is -0.143. The van der Waals surface area contributed by atoms with Gasteiger partial charge in [-0.3, -0.25) is 9.78 Å². The number of piperidine rings is 1. The van der Waals surface area contributed by atoms with Crippen molar-refractivity contribution in [3.05, 3.63) is 30.1 Å². The van der Waals surface area contributed by atoms with Crippen LogP contribution in [0.3, 0.4) is 0 Å². The third-order valence-corrected chi connectivity index (χ3v) is 4.23. The van der Waals surface area contributed by atoms with Crippen LogP contribution in [-0.2, 0) is 11.3 Å². The van der Waals surface area contributed by atoms with Gasteiger partial charge >= 0.3 is 0 Å². The van der Waals surface area contributed by atoms with Crippen LogP contribution in [0.2, 0.25) is 0 Å². The smallest absolute Gasteiger partial charge is 0.228 e. The molecule has 0 aliphatic carbocycles. The minimum atomic E-state index is -0.156. The van der Waals surface area contributed by atoms with Crippen molar-refractivity contribution in [1.82, 2.24) is 15.2 Å². The highest BCUT2D eigenvalue weighted by molar-refractivity contribution is 5.82. The summed E-state index contributed by atoms with van der Waals surface area (Å²) >= 11 is 0. The molecule has 1 fully saturated rings. The molecule has 0 radical (unpaired) electrons. The van der Waals surface area contributed by atoms with Crippen molar-refractivity contribution < 1.29 is 4.79 Å². The van der Waals surface area contributed by atoms with Crippen molar-refractivity contribution in [2.24, 2.45) is 5.41 Å². The standard InChI is InChI=1S/C16H25N3O/c1-3-6-16(7-10-17-11-8-16)15(20)19(2)13-14-5-4-9-18-12-14/h4-5,9,12,17H,3,6-8,10-11,13H2,1-2H3. The lowest BCUT2D eigenvalue weighted by Gasteiger charge is -2.39. The SMILES string of the molecule is CCCC1(C(=O)N(C)Cc2cccnc2)CCNCC1. The second kappa shape index (κ2) is 6.84. The van der Waals surface area contributed by atoms with Crippen LogP contribution in [0, 0.1) is 5.41 Å². The Kier molecular flexibility index (Phi) is 5.12. The zero-order valence-electron chi connectivity index (χ0n) is 12.6. The molecule has 1 aromatic heterocycles. The summed E-state index contributed by atoms with van der Waals surface area (Å²) in [6, 6.07) is 3.94. The number of amides is 1. The van der Waals surface area contributed by atoms with Crippen molar-refractivity contribution in [3.8, 4) is 0 Å². The fourth-order valence-electron chi connectivity index (χ4n) is 3.20. The van der Waals surface area contributed by atoms with Gasteiger partial charge < -0.3 is 10.2 Å². The maximum Gasteiger partial charge on any atom is 0.228 e. The fraction of sp³-hybridized carbons (Fsp3) is 0.625. The van der Waals surface area contributed by atoms with Gasteiger partial charge in [0.2, 0.25) is 5.91 Å². The average Bonchev–Trinajstić information content (AvgIpc) is 2.48. The van der Waals surface area contributed by atoms with Crippen LogP contribution in [0.5, 0.6) is 0 Å². The van der Waals surface area contributed by atoms with E-state index in [2.05, 4.69) is 17.2 Å². The molecule has 1 aromatic rings. The highest BCUT2D eigenvalue weighted by Crippen LogP contribution is 2.36. The third-order valence-electron chi connectivity index (χ3n) is 4.23. The molecule has 0 bridgehead atoms. The van der Waals surface area contributed by atoms with Crippen LogP contribution in [0.25, 0.3) is 0 Å². The van der Waals surface area contributed by atoms with Crippen molar-refractivity contribution in [3.63, 3.8) is 0 Å². The van der Waals surface area contributed by atoms with Gasteiger partial charge in [-0.2, -0.15) is 0 Å². The Hall–Kier alpha value is -1.42. The highest BCUT2D eigenvalue weighted by atomic mass is 16.2. The van der Waals surface area contributed by atoms with Gasteiger partial charge in [-0.05, 0) is 44.0 Å². The molecule has 0 saturated carbocycles. The molecular formula is C16H25N3O. The summed E-state index contributed by atoms with van der Waals surface area (Å²) in [7, 11) is 1.91. The maximum atomic E-state index is 12.9. The molecule has 4 heteroatoms. The van der Waals surface area contributed by atoms with E-state index >= 15 is 0 Å². The zero-order valence-corrected chi connectivity index (χ0v) is 12.6.